The first-order valence-electron chi connectivity index (χ1n) is 6.56. The van der Waals surface area contributed by atoms with Gasteiger partial charge in [0, 0.05) is 18.5 Å². The van der Waals surface area contributed by atoms with Crippen LogP contribution in [0.25, 0.3) is 0 Å². The van der Waals surface area contributed by atoms with Crippen molar-refractivity contribution in [1.29, 1.82) is 0 Å². The second-order valence-corrected chi connectivity index (χ2v) is 4.79. The van der Waals surface area contributed by atoms with Crippen LogP contribution in [0.2, 0.25) is 5.02 Å². The van der Waals surface area contributed by atoms with Gasteiger partial charge in [-0.1, -0.05) is 11.6 Å². The summed E-state index contributed by atoms with van der Waals surface area (Å²) in [6.07, 6.45) is 1.30. The van der Waals surface area contributed by atoms with Crippen molar-refractivity contribution in [2.24, 2.45) is 5.10 Å². The van der Waals surface area contributed by atoms with Crippen molar-refractivity contribution >= 4 is 40.9 Å². The average Bonchev–Trinajstić information content (AvgIpc) is 2.52. The van der Waals surface area contributed by atoms with Gasteiger partial charge < -0.3 is 15.7 Å². The van der Waals surface area contributed by atoms with E-state index in [1.165, 1.54) is 13.1 Å². The van der Waals surface area contributed by atoms with Gasteiger partial charge in [-0.2, -0.15) is 5.10 Å². The summed E-state index contributed by atoms with van der Waals surface area (Å²) in [5.74, 6) is -1.97. The molecule has 0 saturated carbocycles. The number of rotatable bonds is 6. The minimum atomic E-state index is -0.988. The van der Waals surface area contributed by atoms with Gasteiger partial charge in [-0.3, -0.25) is 14.4 Å². The molecule has 124 valence electrons. The highest BCUT2D eigenvalue weighted by atomic mass is 35.5. The summed E-state index contributed by atoms with van der Waals surface area (Å²) in [7, 11) is 0. The van der Waals surface area contributed by atoms with E-state index in [0.717, 1.165) is 0 Å². The molecule has 0 atom stereocenters. The number of anilines is 1. The number of aliphatic hydroxyl groups is 1. The van der Waals surface area contributed by atoms with Gasteiger partial charge in [0.1, 0.15) is 5.82 Å². The van der Waals surface area contributed by atoms with Crippen LogP contribution in [0.4, 0.5) is 5.82 Å². The second kappa shape index (κ2) is 9.49. The summed E-state index contributed by atoms with van der Waals surface area (Å²) in [5, 5.41) is 17.3. The minimum absolute atomic E-state index is 0.0363. The Morgan fingerprint density at radius 2 is 2.04 bits per heavy atom. The molecule has 3 amide bonds. The average molecular weight is 342 g/mol. The van der Waals surface area contributed by atoms with Crippen molar-refractivity contribution in [2.45, 2.75) is 13.3 Å². The first-order chi connectivity index (χ1) is 10.9. The molecular weight excluding hydrogens is 326 g/mol. The standard InChI is InChI=1S/C13H16ClN5O4/c1-8(18-19-13(23)12(22)15-4-5-20)6-11(21)17-10-3-2-9(14)7-16-10/h2-3,7,20H,4-6H2,1H3,(H,15,22)(H,19,23)(H,16,17,21)/b18-8+. The minimum Gasteiger partial charge on any atom is -0.395 e. The van der Waals surface area contributed by atoms with Gasteiger partial charge in [0.05, 0.1) is 18.1 Å². The largest absolute Gasteiger partial charge is 0.395 e. The van der Waals surface area contributed by atoms with Crippen LogP contribution >= 0.6 is 11.6 Å². The van der Waals surface area contributed by atoms with E-state index in [1.807, 2.05) is 5.43 Å². The highest BCUT2D eigenvalue weighted by Crippen LogP contribution is 2.09. The Kier molecular flexibility index (Phi) is 7.64. The Bertz CT molecular complexity index is 603. The number of pyridine rings is 1. The van der Waals surface area contributed by atoms with E-state index >= 15 is 0 Å². The van der Waals surface area contributed by atoms with Crippen LogP contribution in [-0.4, -0.2) is 46.7 Å². The van der Waals surface area contributed by atoms with E-state index < -0.39 is 11.8 Å². The first-order valence-corrected chi connectivity index (χ1v) is 6.93. The molecule has 1 rings (SSSR count). The van der Waals surface area contributed by atoms with Crippen molar-refractivity contribution in [3.8, 4) is 0 Å². The first kappa shape index (κ1) is 18.5. The number of nitrogens with zero attached hydrogens (tertiary/aromatic N) is 2. The van der Waals surface area contributed by atoms with Gasteiger partial charge in [0.15, 0.2) is 0 Å². The Balaban J connectivity index is 2.43. The van der Waals surface area contributed by atoms with E-state index in [4.69, 9.17) is 16.7 Å². The number of hydrogen-bond donors (Lipinski definition) is 4. The number of aromatic nitrogens is 1. The zero-order chi connectivity index (χ0) is 17.2. The van der Waals surface area contributed by atoms with Crippen LogP contribution in [0.3, 0.4) is 0 Å². The maximum absolute atomic E-state index is 11.7. The van der Waals surface area contributed by atoms with Crippen molar-refractivity contribution in [1.82, 2.24) is 15.7 Å². The summed E-state index contributed by atoms with van der Waals surface area (Å²) in [6.45, 7) is 1.20. The molecule has 1 aromatic heterocycles. The van der Waals surface area contributed by atoms with Gasteiger partial charge >= 0.3 is 11.8 Å². The molecule has 0 spiro atoms. The number of amides is 3. The third kappa shape index (κ3) is 7.34. The molecule has 4 N–H and O–H groups in total. The zero-order valence-electron chi connectivity index (χ0n) is 12.3. The second-order valence-electron chi connectivity index (χ2n) is 4.35. The van der Waals surface area contributed by atoms with Crippen LogP contribution in [-0.2, 0) is 14.4 Å². The number of carbonyl (C=O) groups is 3. The Labute approximate surface area is 137 Å². The molecule has 0 aromatic carbocycles. The molecule has 1 aromatic rings. The number of hydrazone groups is 1. The van der Waals surface area contributed by atoms with Gasteiger partial charge in [-0.05, 0) is 19.1 Å². The fourth-order valence-corrected chi connectivity index (χ4v) is 1.47. The summed E-state index contributed by atoms with van der Waals surface area (Å²) in [5.41, 5.74) is 2.30. The maximum Gasteiger partial charge on any atom is 0.329 e. The molecular formula is C13H16ClN5O4. The Morgan fingerprint density at radius 1 is 1.30 bits per heavy atom. The Hall–Kier alpha value is -2.52. The monoisotopic (exact) mass is 341 g/mol. The number of hydrogen-bond acceptors (Lipinski definition) is 6. The van der Waals surface area contributed by atoms with E-state index in [1.54, 1.807) is 12.1 Å². The molecule has 1 heterocycles. The van der Waals surface area contributed by atoms with Crippen LogP contribution in [0.15, 0.2) is 23.4 Å². The molecule has 0 aliphatic carbocycles. The molecule has 0 radical (unpaired) electrons. The molecule has 0 bridgehead atoms. The van der Waals surface area contributed by atoms with Gasteiger partial charge in [0.25, 0.3) is 0 Å². The lowest BCUT2D eigenvalue weighted by molar-refractivity contribution is -0.139. The summed E-state index contributed by atoms with van der Waals surface area (Å²) in [6, 6.07) is 3.12. The van der Waals surface area contributed by atoms with E-state index in [-0.39, 0.29) is 25.5 Å². The topological polar surface area (TPSA) is 133 Å². The molecule has 9 nitrogen and oxygen atoms in total. The molecule has 0 saturated heterocycles. The highest BCUT2D eigenvalue weighted by Gasteiger charge is 2.12. The van der Waals surface area contributed by atoms with Crippen molar-refractivity contribution in [2.75, 3.05) is 18.5 Å². The molecule has 0 aliphatic rings. The number of carbonyl (C=O) groups excluding carboxylic acids is 3. The van der Waals surface area contributed by atoms with Gasteiger partial charge in [-0.15, -0.1) is 0 Å². The number of halogens is 1. The lowest BCUT2D eigenvalue weighted by Gasteiger charge is -2.05. The third-order valence-corrected chi connectivity index (χ3v) is 2.59. The summed E-state index contributed by atoms with van der Waals surface area (Å²) >= 11 is 5.68. The fourth-order valence-electron chi connectivity index (χ4n) is 1.36. The SMILES string of the molecule is C/C(CC(=O)Nc1ccc(Cl)cn1)=N\NC(=O)C(=O)NCCO. The highest BCUT2D eigenvalue weighted by molar-refractivity contribution is 6.35. The van der Waals surface area contributed by atoms with Crippen LogP contribution in [0, 0.1) is 0 Å². The summed E-state index contributed by atoms with van der Waals surface area (Å²) in [4.78, 5) is 38.2. The maximum atomic E-state index is 11.7. The fraction of sp³-hybridized carbons (Fsp3) is 0.308. The zero-order valence-corrected chi connectivity index (χ0v) is 13.1. The molecule has 23 heavy (non-hydrogen) atoms. The van der Waals surface area contributed by atoms with Crippen LogP contribution in [0.1, 0.15) is 13.3 Å². The van der Waals surface area contributed by atoms with Crippen molar-refractivity contribution in [3.63, 3.8) is 0 Å². The van der Waals surface area contributed by atoms with Gasteiger partial charge in [0.2, 0.25) is 5.91 Å². The Morgan fingerprint density at radius 3 is 2.65 bits per heavy atom. The molecule has 0 fully saturated rings. The number of aliphatic hydroxyl groups excluding tert-OH is 1. The lowest BCUT2D eigenvalue weighted by Crippen LogP contribution is -2.39. The molecule has 0 unspecified atom stereocenters. The molecule has 0 aliphatic heterocycles. The van der Waals surface area contributed by atoms with E-state index in [2.05, 4.69) is 20.7 Å². The quantitative estimate of drug-likeness (QED) is 0.319. The van der Waals surface area contributed by atoms with Crippen molar-refractivity contribution in [3.05, 3.63) is 23.4 Å². The third-order valence-electron chi connectivity index (χ3n) is 2.36. The summed E-state index contributed by atoms with van der Waals surface area (Å²) < 4.78 is 0. The van der Waals surface area contributed by atoms with Gasteiger partial charge in [-0.25, -0.2) is 10.4 Å². The smallest absolute Gasteiger partial charge is 0.329 e. The van der Waals surface area contributed by atoms with E-state index in [0.29, 0.717) is 16.6 Å². The normalized spacial score (nSPS) is 10.8. The van der Waals surface area contributed by atoms with Crippen LogP contribution in [0.5, 0.6) is 0 Å². The number of nitrogens with one attached hydrogen (secondary N) is 3. The predicted octanol–water partition coefficient (Wildman–Crippen LogP) is -0.336. The molecule has 10 heteroatoms. The van der Waals surface area contributed by atoms with Crippen molar-refractivity contribution < 1.29 is 19.5 Å². The van der Waals surface area contributed by atoms with E-state index in [9.17, 15) is 14.4 Å². The predicted molar refractivity (Wildman–Crippen MR) is 83.8 cm³/mol. The lowest BCUT2D eigenvalue weighted by atomic mass is 10.3. The van der Waals surface area contributed by atoms with Crippen LogP contribution < -0.4 is 16.1 Å².